The first-order valence-electron chi connectivity index (χ1n) is 13.3. The third-order valence-corrected chi connectivity index (χ3v) is 7.95. The summed E-state index contributed by atoms with van der Waals surface area (Å²) in [5, 5.41) is 13.2. The standard InChI is InChI=1S/C27H26B3N6O5/c1-31-29(34-16-17-10-4-5-11-18(17)23(34)37)33(3)30(36-26(40)21-14-8-9-15-22(21)27(36)41)32(2)28-35-24(38)19-12-6-7-13-20(19)25(35)39/h4-15,26,31,40H,16H2,1-3H3/p+1. The van der Waals surface area contributed by atoms with E-state index >= 15 is 0 Å². The van der Waals surface area contributed by atoms with E-state index in [4.69, 9.17) is 0 Å². The predicted octanol–water partition coefficient (Wildman–Crippen LogP) is -0.354. The number of rotatable bonds is 8. The molecule has 41 heavy (non-hydrogen) atoms. The van der Waals surface area contributed by atoms with E-state index in [0.717, 1.165) is 10.4 Å². The molecule has 0 spiro atoms. The van der Waals surface area contributed by atoms with Gasteiger partial charge in [0.05, 0.1) is 11.1 Å². The number of nitrogens with two attached hydrogens (primary N) is 1. The summed E-state index contributed by atoms with van der Waals surface area (Å²) in [5.74, 6) is -1.55. The molecular formula is C27H27B3N6O5+. The van der Waals surface area contributed by atoms with Crippen molar-refractivity contribution in [3.8, 4) is 0 Å². The van der Waals surface area contributed by atoms with Crippen LogP contribution in [0.15, 0.2) is 72.8 Å². The van der Waals surface area contributed by atoms with Gasteiger partial charge in [0.25, 0.3) is 0 Å². The zero-order valence-electron chi connectivity index (χ0n) is 22.8. The van der Waals surface area contributed by atoms with Crippen molar-refractivity contribution in [2.45, 2.75) is 12.8 Å². The highest BCUT2D eigenvalue weighted by atomic mass is 16.3. The minimum absolute atomic E-state index is 0.155. The van der Waals surface area contributed by atoms with E-state index < -0.39 is 38.2 Å². The lowest BCUT2D eigenvalue weighted by atomic mass is 9.68. The summed E-state index contributed by atoms with van der Waals surface area (Å²) in [6, 6.07) is 20.8. The van der Waals surface area contributed by atoms with Gasteiger partial charge in [0.1, 0.15) is 6.23 Å². The highest BCUT2D eigenvalue weighted by molar-refractivity contribution is 6.72. The fraction of sp³-hybridized carbons (Fsp3) is 0.185. The summed E-state index contributed by atoms with van der Waals surface area (Å²) in [6.45, 7) is 0.365. The smallest absolute Gasteiger partial charge is 0.382 e. The van der Waals surface area contributed by atoms with E-state index in [9.17, 15) is 24.3 Å². The van der Waals surface area contributed by atoms with Crippen LogP contribution in [0.2, 0.25) is 0 Å². The van der Waals surface area contributed by atoms with Crippen LogP contribution in [-0.4, -0.2) is 95.5 Å². The molecule has 0 bridgehead atoms. The zero-order chi connectivity index (χ0) is 29.0. The van der Waals surface area contributed by atoms with E-state index in [0.29, 0.717) is 23.2 Å². The maximum atomic E-state index is 13.7. The molecule has 0 aromatic heterocycles. The first-order valence-corrected chi connectivity index (χ1v) is 13.3. The van der Waals surface area contributed by atoms with Gasteiger partial charge < -0.3 is 29.5 Å². The zero-order valence-corrected chi connectivity index (χ0v) is 22.8. The van der Waals surface area contributed by atoms with Crippen LogP contribution in [0.3, 0.4) is 0 Å². The number of benzene rings is 3. The SMILES string of the molecule is C[NH2+]B(N(C)B(N(C)[B]N1C(=O)c2ccccc2C1=O)N1C(=O)c2ccccc2C1O)N1Cc2ccccc2C1=O. The third kappa shape index (κ3) is 4.18. The number of quaternary nitrogens is 1. The van der Waals surface area contributed by atoms with Gasteiger partial charge in [-0.15, -0.1) is 0 Å². The van der Waals surface area contributed by atoms with Gasteiger partial charge in [-0.3, -0.25) is 23.9 Å². The van der Waals surface area contributed by atoms with Crippen LogP contribution >= 0.6 is 0 Å². The number of aliphatic hydroxyl groups excluding tert-OH is 1. The van der Waals surface area contributed by atoms with E-state index in [1.165, 1.54) is 12.4 Å². The van der Waals surface area contributed by atoms with Gasteiger partial charge in [-0.2, -0.15) is 0 Å². The van der Waals surface area contributed by atoms with Crippen molar-refractivity contribution >= 4 is 45.4 Å². The lowest BCUT2D eigenvalue weighted by molar-refractivity contribution is -0.501. The summed E-state index contributed by atoms with van der Waals surface area (Å²) < 4.78 is 3.31. The van der Waals surface area contributed by atoms with Crippen molar-refractivity contribution in [3.63, 3.8) is 0 Å². The highest BCUT2D eigenvalue weighted by Crippen LogP contribution is 2.34. The molecule has 0 aliphatic carbocycles. The number of hydrogen-bond donors (Lipinski definition) is 2. The molecular weight excluding hydrogens is 521 g/mol. The molecule has 1 unspecified atom stereocenters. The van der Waals surface area contributed by atoms with Crippen LogP contribution in [0.5, 0.6) is 0 Å². The topological polar surface area (TPSA) is 121 Å². The van der Waals surface area contributed by atoms with Crippen LogP contribution in [0.1, 0.15) is 58.8 Å². The lowest BCUT2D eigenvalue weighted by Gasteiger charge is -2.40. The van der Waals surface area contributed by atoms with Gasteiger partial charge in [0, 0.05) is 30.3 Å². The Bertz CT molecular complexity index is 1560. The Morgan fingerprint density at radius 3 is 1.95 bits per heavy atom. The van der Waals surface area contributed by atoms with E-state index in [2.05, 4.69) is 0 Å². The molecule has 0 saturated carbocycles. The quantitative estimate of drug-likeness (QED) is 0.292. The number of aliphatic hydroxyl groups is 1. The van der Waals surface area contributed by atoms with Crippen molar-refractivity contribution in [1.82, 2.24) is 23.9 Å². The maximum absolute atomic E-state index is 13.7. The molecule has 0 saturated heterocycles. The number of carbonyl (C=O) groups excluding carboxylic acids is 4. The summed E-state index contributed by atoms with van der Waals surface area (Å²) in [4.78, 5) is 57.5. The molecule has 1 atom stereocenters. The van der Waals surface area contributed by atoms with Crippen LogP contribution in [0.4, 0.5) is 0 Å². The normalized spacial score (nSPS) is 17.5. The van der Waals surface area contributed by atoms with Crippen molar-refractivity contribution in [3.05, 3.63) is 106 Å². The first-order chi connectivity index (χ1) is 19.7. The molecule has 3 heterocycles. The molecule has 203 valence electrons. The Labute approximate surface area is 238 Å². The lowest BCUT2D eigenvalue weighted by Crippen LogP contribution is -2.99. The Morgan fingerprint density at radius 1 is 0.805 bits per heavy atom. The second-order valence-electron chi connectivity index (χ2n) is 10.3. The Morgan fingerprint density at radius 2 is 1.37 bits per heavy atom. The average molecular weight is 548 g/mol. The van der Waals surface area contributed by atoms with Crippen molar-refractivity contribution in [1.29, 1.82) is 0 Å². The van der Waals surface area contributed by atoms with Crippen molar-refractivity contribution in [2.75, 3.05) is 21.1 Å². The summed E-state index contributed by atoms with van der Waals surface area (Å²) in [5.41, 5.74) is 2.89. The fourth-order valence-corrected chi connectivity index (χ4v) is 6.04. The van der Waals surface area contributed by atoms with Crippen LogP contribution in [-0.2, 0) is 6.54 Å². The Kier molecular flexibility index (Phi) is 6.78. The number of fused-ring (bicyclic) bond motifs is 3. The minimum atomic E-state index is -1.30. The molecule has 3 aliphatic rings. The van der Waals surface area contributed by atoms with E-state index in [1.807, 2.05) is 30.5 Å². The van der Waals surface area contributed by atoms with E-state index in [1.54, 1.807) is 82.9 Å². The molecule has 0 fully saturated rings. The predicted molar refractivity (Wildman–Crippen MR) is 151 cm³/mol. The van der Waals surface area contributed by atoms with Crippen LogP contribution in [0, 0.1) is 0 Å². The number of imide groups is 1. The van der Waals surface area contributed by atoms with Crippen LogP contribution < -0.4 is 5.23 Å². The van der Waals surface area contributed by atoms with E-state index in [-0.39, 0.29) is 17.0 Å². The number of hydrogen-bond acceptors (Lipinski definition) is 7. The highest BCUT2D eigenvalue weighted by Gasteiger charge is 2.55. The second-order valence-corrected chi connectivity index (χ2v) is 10.3. The Balaban J connectivity index is 1.35. The second kappa shape index (κ2) is 10.3. The van der Waals surface area contributed by atoms with Gasteiger partial charge in [-0.1, -0.05) is 48.5 Å². The molecule has 3 N–H and O–H groups in total. The van der Waals surface area contributed by atoms with Crippen molar-refractivity contribution < 1.29 is 29.5 Å². The van der Waals surface area contributed by atoms with Gasteiger partial charge in [0.2, 0.25) is 23.6 Å². The molecule has 3 aromatic carbocycles. The van der Waals surface area contributed by atoms with Gasteiger partial charge >= 0.3 is 21.8 Å². The Hall–Kier alpha value is -4.23. The minimum Gasteiger partial charge on any atom is -0.382 e. The fourth-order valence-electron chi connectivity index (χ4n) is 6.04. The summed E-state index contributed by atoms with van der Waals surface area (Å²) in [7, 11) is 4.91. The third-order valence-electron chi connectivity index (χ3n) is 7.95. The largest absolute Gasteiger partial charge is 0.621 e. The molecule has 3 aliphatic heterocycles. The summed E-state index contributed by atoms with van der Waals surface area (Å²) >= 11 is 0. The molecule has 1 radical (unpaired) electrons. The van der Waals surface area contributed by atoms with Gasteiger partial charge in [-0.25, -0.2) is 0 Å². The van der Waals surface area contributed by atoms with Gasteiger partial charge in [0.15, 0.2) is 0 Å². The average Bonchev–Trinajstić information content (AvgIpc) is 3.54. The number of amides is 4. The van der Waals surface area contributed by atoms with Crippen LogP contribution in [0.25, 0.3) is 0 Å². The number of nitrogens with zero attached hydrogens (tertiary/aromatic N) is 5. The summed E-state index contributed by atoms with van der Waals surface area (Å²) in [6.07, 6.45) is -1.30. The molecule has 6 rings (SSSR count). The molecule has 11 nitrogen and oxygen atoms in total. The molecule has 14 heteroatoms. The molecule has 4 amide bonds. The number of carbonyl (C=O) groups is 4. The van der Waals surface area contributed by atoms with Crippen molar-refractivity contribution in [2.24, 2.45) is 0 Å². The first kappa shape index (κ1) is 27.0. The van der Waals surface area contributed by atoms with Gasteiger partial charge in [-0.05, 0) is 43.9 Å². The maximum Gasteiger partial charge on any atom is 0.621 e. The molecule has 3 aromatic rings. The monoisotopic (exact) mass is 548 g/mol.